The summed E-state index contributed by atoms with van der Waals surface area (Å²) in [5.74, 6) is 1.17. The number of carbonyl (C=O) groups is 1. The zero-order valence-corrected chi connectivity index (χ0v) is 16.6. The van der Waals surface area contributed by atoms with Crippen LogP contribution in [0.3, 0.4) is 0 Å². The van der Waals surface area contributed by atoms with Gasteiger partial charge in [-0.1, -0.05) is 18.2 Å². The van der Waals surface area contributed by atoms with Gasteiger partial charge in [0.15, 0.2) is 6.61 Å². The summed E-state index contributed by atoms with van der Waals surface area (Å²) in [7, 11) is 1.61. The minimum Gasteiger partial charge on any atom is -0.497 e. The van der Waals surface area contributed by atoms with Crippen LogP contribution in [-0.2, 0) is 4.79 Å². The summed E-state index contributed by atoms with van der Waals surface area (Å²) in [5.41, 5.74) is 4.15. The molecule has 1 amide bonds. The van der Waals surface area contributed by atoms with Gasteiger partial charge < -0.3 is 14.8 Å². The second kappa shape index (κ2) is 8.61. The van der Waals surface area contributed by atoms with Gasteiger partial charge in [0, 0.05) is 11.3 Å². The number of benzene rings is 2. The van der Waals surface area contributed by atoms with Crippen molar-refractivity contribution in [3.05, 3.63) is 71.5 Å². The molecule has 0 aliphatic carbocycles. The van der Waals surface area contributed by atoms with E-state index >= 15 is 0 Å². The van der Waals surface area contributed by atoms with E-state index in [1.54, 1.807) is 37.6 Å². The summed E-state index contributed by atoms with van der Waals surface area (Å²) in [4.78, 5) is 12.3. The third-order valence-corrected chi connectivity index (χ3v) is 4.66. The Kier molecular flexibility index (Phi) is 5.99. The van der Waals surface area contributed by atoms with Crippen LogP contribution in [0.25, 0.3) is 5.69 Å². The van der Waals surface area contributed by atoms with Crippen LogP contribution in [0.4, 0.5) is 0 Å². The number of amides is 1. The Morgan fingerprint density at radius 1 is 1.11 bits per heavy atom. The highest BCUT2D eigenvalue weighted by Gasteiger charge is 2.17. The number of aromatic nitrogens is 2. The number of para-hydroxylation sites is 1. The summed E-state index contributed by atoms with van der Waals surface area (Å²) < 4.78 is 12.5. The molecular formula is C22H25N3O3. The number of rotatable bonds is 7. The Hall–Kier alpha value is -3.28. The van der Waals surface area contributed by atoms with Crippen molar-refractivity contribution < 1.29 is 14.3 Å². The van der Waals surface area contributed by atoms with Gasteiger partial charge in [-0.3, -0.25) is 4.79 Å². The van der Waals surface area contributed by atoms with Gasteiger partial charge >= 0.3 is 0 Å². The Morgan fingerprint density at radius 2 is 1.79 bits per heavy atom. The van der Waals surface area contributed by atoms with Crippen LogP contribution >= 0.6 is 0 Å². The van der Waals surface area contributed by atoms with E-state index in [9.17, 15) is 4.79 Å². The van der Waals surface area contributed by atoms with Crippen LogP contribution in [0, 0.1) is 13.8 Å². The molecule has 1 heterocycles. The molecule has 0 aliphatic rings. The summed E-state index contributed by atoms with van der Waals surface area (Å²) in [6.45, 7) is 5.95. The van der Waals surface area contributed by atoms with Crippen molar-refractivity contribution in [3.8, 4) is 17.2 Å². The van der Waals surface area contributed by atoms with Gasteiger partial charge in [0.2, 0.25) is 0 Å². The van der Waals surface area contributed by atoms with E-state index in [-0.39, 0.29) is 18.6 Å². The molecule has 3 aromatic rings. The molecule has 146 valence electrons. The fourth-order valence-electron chi connectivity index (χ4n) is 3.07. The number of hydrogen-bond acceptors (Lipinski definition) is 4. The standard InChI is InChI=1S/C22H25N3O3/c1-15-7-5-6-8-21(15)25-17(3)20(13-23-25)16(2)24-22(26)14-28-19-11-9-18(27-4)10-12-19/h5-13,16H,14H2,1-4H3,(H,24,26)/t16-/m1/s1. The van der Waals surface area contributed by atoms with Gasteiger partial charge in [0.1, 0.15) is 11.5 Å². The molecule has 1 N–H and O–H groups in total. The molecule has 0 unspecified atom stereocenters. The lowest BCUT2D eigenvalue weighted by atomic mass is 10.1. The van der Waals surface area contributed by atoms with E-state index in [2.05, 4.69) is 23.4 Å². The van der Waals surface area contributed by atoms with Gasteiger partial charge in [0.25, 0.3) is 5.91 Å². The predicted octanol–water partition coefficient (Wildman–Crippen LogP) is 3.75. The van der Waals surface area contributed by atoms with E-state index in [1.165, 1.54) is 0 Å². The molecule has 0 fully saturated rings. The van der Waals surface area contributed by atoms with Gasteiger partial charge in [0.05, 0.1) is 25.0 Å². The third kappa shape index (κ3) is 4.34. The molecule has 0 radical (unpaired) electrons. The van der Waals surface area contributed by atoms with Crippen LogP contribution in [0.5, 0.6) is 11.5 Å². The van der Waals surface area contributed by atoms with Crippen LogP contribution < -0.4 is 14.8 Å². The molecule has 1 aromatic heterocycles. The minimum absolute atomic E-state index is 0.0539. The number of hydrogen-bond donors (Lipinski definition) is 1. The largest absolute Gasteiger partial charge is 0.497 e. The van der Waals surface area contributed by atoms with Crippen molar-refractivity contribution in [2.75, 3.05) is 13.7 Å². The van der Waals surface area contributed by atoms with Crippen molar-refractivity contribution >= 4 is 5.91 Å². The molecule has 28 heavy (non-hydrogen) atoms. The number of aryl methyl sites for hydroxylation is 1. The first-order chi connectivity index (χ1) is 13.5. The zero-order chi connectivity index (χ0) is 20.1. The lowest BCUT2D eigenvalue weighted by Crippen LogP contribution is -2.31. The number of nitrogens with zero attached hydrogens (tertiary/aromatic N) is 2. The van der Waals surface area contributed by atoms with Crippen LogP contribution in [0.1, 0.15) is 29.8 Å². The highest BCUT2D eigenvalue weighted by molar-refractivity contribution is 5.78. The predicted molar refractivity (Wildman–Crippen MR) is 108 cm³/mol. The maximum absolute atomic E-state index is 12.3. The summed E-state index contributed by atoms with van der Waals surface area (Å²) in [6, 6.07) is 15.0. The topological polar surface area (TPSA) is 65.4 Å². The van der Waals surface area contributed by atoms with Crippen molar-refractivity contribution in [1.82, 2.24) is 15.1 Å². The molecule has 0 bridgehead atoms. The van der Waals surface area contributed by atoms with E-state index < -0.39 is 0 Å². The van der Waals surface area contributed by atoms with Gasteiger partial charge in [-0.15, -0.1) is 0 Å². The average Bonchev–Trinajstić information content (AvgIpc) is 3.08. The quantitative estimate of drug-likeness (QED) is 0.679. The molecule has 1 atom stereocenters. The molecule has 6 heteroatoms. The van der Waals surface area contributed by atoms with Crippen LogP contribution in [0.2, 0.25) is 0 Å². The molecule has 0 saturated carbocycles. The first-order valence-electron chi connectivity index (χ1n) is 9.16. The Bertz CT molecular complexity index is 948. The van der Waals surface area contributed by atoms with Crippen molar-refractivity contribution in [2.45, 2.75) is 26.8 Å². The second-order valence-electron chi connectivity index (χ2n) is 6.64. The molecule has 6 nitrogen and oxygen atoms in total. The minimum atomic E-state index is -0.189. The molecule has 0 saturated heterocycles. The van der Waals surface area contributed by atoms with Crippen molar-refractivity contribution in [2.24, 2.45) is 0 Å². The molecular weight excluding hydrogens is 354 g/mol. The monoisotopic (exact) mass is 379 g/mol. The van der Waals surface area contributed by atoms with E-state index in [0.717, 1.165) is 28.3 Å². The normalized spacial score (nSPS) is 11.7. The average molecular weight is 379 g/mol. The Labute approximate surface area is 165 Å². The lowest BCUT2D eigenvalue weighted by Gasteiger charge is -2.15. The Balaban J connectivity index is 1.62. The van der Waals surface area contributed by atoms with E-state index in [1.807, 2.05) is 36.7 Å². The fourth-order valence-corrected chi connectivity index (χ4v) is 3.07. The zero-order valence-electron chi connectivity index (χ0n) is 16.6. The highest BCUT2D eigenvalue weighted by Crippen LogP contribution is 2.22. The smallest absolute Gasteiger partial charge is 0.258 e. The molecule has 0 spiro atoms. The Morgan fingerprint density at radius 3 is 2.46 bits per heavy atom. The molecule has 0 aliphatic heterocycles. The van der Waals surface area contributed by atoms with Crippen molar-refractivity contribution in [1.29, 1.82) is 0 Å². The first kappa shape index (κ1) is 19.5. The molecule has 2 aromatic carbocycles. The van der Waals surface area contributed by atoms with Crippen molar-refractivity contribution in [3.63, 3.8) is 0 Å². The lowest BCUT2D eigenvalue weighted by molar-refractivity contribution is -0.123. The third-order valence-electron chi connectivity index (χ3n) is 4.66. The summed E-state index contributed by atoms with van der Waals surface area (Å²) >= 11 is 0. The molecule has 3 rings (SSSR count). The fraction of sp³-hybridized carbons (Fsp3) is 0.273. The van der Waals surface area contributed by atoms with E-state index in [0.29, 0.717) is 5.75 Å². The summed E-state index contributed by atoms with van der Waals surface area (Å²) in [6.07, 6.45) is 1.80. The second-order valence-corrected chi connectivity index (χ2v) is 6.64. The van der Waals surface area contributed by atoms with Gasteiger partial charge in [-0.05, 0) is 56.7 Å². The summed E-state index contributed by atoms with van der Waals surface area (Å²) in [5, 5.41) is 7.47. The maximum atomic E-state index is 12.3. The number of ether oxygens (including phenoxy) is 2. The SMILES string of the molecule is COc1ccc(OCC(=O)N[C@H](C)c2cnn(-c3ccccc3C)c2C)cc1. The van der Waals surface area contributed by atoms with Gasteiger partial charge in [-0.25, -0.2) is 4.68 Å². The van der Waals surface area contributed by atoms with Gasteiger partial charge in [-0.2, -0.15) is 5.10 Å². The number of nitrogens with one attached hydrogen (secondary N) is 1. The highest BCUT2D eigenvalue weighted by atomic mass is 16.5. The van der Waals surface area contributed by atoms with E-state index in [4.69, 9.17) is 9.47 Å². The maximum Gasteiger partial charge on any atom is 0.258 e. The number of methoxy groups -OCH3 is 1. The number of carbonyl (C=O) groups excluding carboxylic acids is 1. The van der Waals surface area contributed by atoms with Crippen LogP contribution in [0.15, 0.2) is 54.7 Å². The van der Waals surface area contributed by atoms with Crippen LogP contribution in [-0.4, -0.2) is 29.4 Å². The first-order valence-corrected chi connectivity index (χ1v) is 9.16.